The van der Waals surface area contributed by atoms with Crippen LogP contribution in [0, 0.1) is 0 Å². The molecule has 0 N–H and O–H groups in total. The van der Waals surface area contributed by atoms with Crippen LogP contribution in [0.3, 0.4) is 0 Å². The summed E-state index contributed by atoms with van der Waals surface area (Å²) in [6.07, 6.45) is 4.00. The van der Waals surface area contributed by atoms with Crippen molar-refractivity contribution >= 4 is 23.3 Å². The number of anilines is 1. The highest BCUT2D eigenvalue weighted by Gasteiger charge is 2.36. The van der Waals surface area contributed by atoms with Gasteiger partial charge in [-0.1, -0.05) is 50.2 Å². The predicted octanol–water partition coefficient (Wildman–Crippen LogP) is 5.34. The van der Waals surface area contributed by atoms with Gasteiger partial charge in [-0.15, -0.1) is 0 Å². The molecule has 0 saturated heterocycles. The molecule has 24 heavy (non-hydrogen) atoms. The molecule has 0 aromatic heterocycles. The maximum atomic E-state index is 4.84. The number of para-hydroxylation sites is 2. The molecule has 3 nitrogen and oxygen atoms in total. The number of hydrogen-bond donors (Lipinski definition) is 0. The minimum absolute atomic E-state index is 0.0608. The van der Waals surface area contributed by atoms with Gasteiger partial charge < -0.3 is 0 Å². The fraction of sp³-hybridized carbons (Fsp3) is 0.333. The van der Waals surface area contributed by atoms with Crippen molar-refractivity contribution in [2.75, 3.05) is 11.6 Å². The Morgan fingerprint density at radius 2 is 1.75 bits per heavy atom. The number of hydrazone groups is 1. The average Bonchev–Trinajstić information content (AvgIpc) is 2.92. The van der Waals surface area contributed by atoms with E-state index >= 15 is 0 Å². The SMILES string of the molecule is CCCN(/N=C/C1=Nc2ccccc2C1(C)CC)c1ccccc1. The quantitative estimate of drug-likeness (QED) is 0.521. The molecule has 0 saturated carbocycles. The van der Waals surface area contributed by atoms with Gasteiger partial charge in [0.05, 0.1) is 23.3 Å². The topological polar surface area (TPSA) is 28.0 Å². The maximum absolute atomic E-state index is 4.84. The van der Waals surface area contributed by atoms with E-state index in [1.807, 2.05) is 30.5 Å². The smallest absolute Gasteiger partial charge is 0.0714 e. The Morgan fingerprint density at radius 1 is 1.04 bits per heavy atom. The second kappa shape index (κ2) is 7.00. The molecule has 1 atom stereocenters. The Labute approximate surface area is 144 Å². The molecule has 124 valence electrons. The number of nitrogens with zero attached hydrogens (tertiary/aromatic N) is 3. The van der Waals surface area contributed by atoms with E-state index in [0.717, 1.165) is 36.5 Å². The van der Waals surface area contributed by atoms with Crippen molar-refractivity contribution in [3.05, 3.63) is 60.2 Å². The van der Waals surface area contributed by atoms with Crippen LogP contribution in [0.1, 0.15) is 39.2 Å². The first-order valence-electron chi connectivity index (χ1n) is 8.74. The van der Waals surface area contributed by atoms with Gasteiger partial charge in [0.15, 0.2) is 0 Å². The van der Waals surface area contributed by atoms with Crippen molar-refractivity contribution in [2.45, 2.75) is 39.0 Å². The molecular weight excluding hydrogens is 294 g/mol. The largest absolute Gasteiger partial charge is 0.266 e. The molecule has 0 amide bonds. The zero-order valence-electron chi connectivity index (χ0n) is 14.7. The Balaban J connectivity index is 1.90. The van der Waals surface area contributed by atoms with E-state index in [1.165, 1.54) is 5.56 Å². The fourth-order valence-electron chi connectivity index (χ4n) is 3.16. The molecule has 2 aromatic carbocycles. The Bertz CT molecular complexity index is 749. The zero-order valence-corrected chi connectivity index (χ0v) is 14.7. The summed E-state index contributed by atoms with van der Waals surface area (Å²) in [5.41, 5.74) is 4.48. The van der Waals surface area contributed by atoms with E-state index in [4.69, 9.17) is 10.1 Å². The Hall–Kier alpha value is -2.42. The van der Waals surface area contributed by atoms with Gasteiger partial charge in [0.2, 0.25) is 0 Å². The van der Waals surface area contributed by atoms with Crippen molar-refractivity contribution in [2.24, 2.45) is 10.1 Å². The van der Waals surface area contributed by atoms with Crippen LogP contribution < -0.4 is 5.01 Å². The summed E-state index contributed by atoms with van der Waals surface area (Å²) >= 11 is 0. The number of rotatable bonds is 6. The molecular formula is C21H25N3. The van der Waals surface area contributed by atoms with Crippen molar-refractivity contribution in [3.63, 3.8) is 0 Å². The molecule has 1 unspecified atom stereocenters. The summed E-state index contributed by atoms with van der Waals surface area (Å²) in [4.78, 5) is 4.84. The minimum Gasteiger partial charge on any atom is -0.266 e. The number of hydrogen-bond acceptors (Lipinski definition) is 3. The van der Waals surface area contributed by atoms with E-state index in [-0.39, 0.29) is 5.41 Å². The van der Waals surface area contributed by atoms with Gasteiger partial charge >= 0.3 is 0 Å². The van der Waals surface area contributed by atoms with Crippen LogP contribution in [-0.2, 0) is 5.41 Å². The maximum Gasteiger partial charge on any atom is 0.0714 e. The summed E-state index contributed by atoms with van der Waals surface area (Å²) in [6, 6.07) is 18.7. The lowest BCUT2D eigenvalue weighted by Gasteiger charge is -2.25. The second-order valence-corrected chi connectivity index (χ2v) is 6.40. The van der Waals surface area contributed by atoms with Crippen LogP contribution in [0.5, 0.6) is 0 Å². The second-order valence-electron chi connectivity index (χ2n) is 6.40. The van der Waals surface area contributed by atoms with E-state index < -0.39 is 0 Å². The first kappa shape index (κ1) is 16.4. The first-order valence-corrected chi connectivity index (χ1v) is 8.74. The lowest BCUT2D eigenvalue weighted by atomic mass is 9.77. The first-order chi connectivity index (χ1) is 11.7. The van der Waals surface area contributed by atoms with Gasteiger partial charge in [-0.25, -0.2) is 0 Å². The molecule has 0 aliphatic carbocycles. The number of aliphatic imine (C=N–C) groups is 1. The lowest BCUT2D eigenvalue weighted by molar-refractivity contribution is 0.632. The summed E-state index contributed by atoms with van der Waals surface area (Å²) in [5, 5.41) is 6.83. The molecule has 1 aliphatic heterocycles. The summed E-state index contributed by atoms with van der Waals surface area (Å²) in [7, 11) is 0. The van der Waals surface area contributed by atoms with Crippen molar-refractivity contribution in [1.29, 1.82) is 0 Å². The molecule has 2 aromatic rings. The molecule has 3 rings (SSSR count). The molecule has 1 aliphatic rings. The Kier molecular flexibility index (Phi) is 4.79. The predicted molar refractivity (Wildman–Crippen MR) is 104 cm³/mol. The van der Waals surface area contributed by atoms with Crippen LogP contribution in [0.15, 0.2) is 64.7 Å². The van der Waals surface area contributed by atoms with E-state index in [9.17, 15) is 0 Å². The molecule has 1 heterocycles. The number of benzene rings is 2. The van der Waals surface area contributed by atoms with Gasteiger partial charge in [0.25, 0.3) is 0 Å². The third-order valence-corrected chi connectivity index (χ3v) is 4.82. The van der Waals surface area contributed by atoms with Crippen LogP contribution in [-0.4, -0.2) is 18.5 Å². The van der Waals surface area contributed by atoms with Gasteiger partial charge in [0, 0.05) is 12.0 Å². The summed E-state index contributed by atoms with van der Waals surface area (Å²) < 4.78 is 0. The van der Waals surface area contributed by atoms with Crippen LogP contribution in [0.25, 0.3) is 0 Å². The molecule has 0 bridgehead atoms. The average molecular weight is 319 g/mol. The fourth-order valence-corrected chi connectivity index (χ4v) is 3.16. The van der Waals surface area contributed by atoms with Crippen LogP contribution in [0.4, 0.5) is 11.4 Å². The van der Waals surface area contributed by atoms with Gasteiger partial charge in [0.1, 0.15) is 0 Å². The highest BCUT2D eigenvalue weighted by atomic mass is 15.4. The van der Waals surface area contributed by atoms with Gasteiger partial charge in [-0.3, -0.25) is 10.0 Å². The molecule has 0 fully saturated rings. The van der Waals surface area contributed by atoms with E-state index in [0.29, 0.717) is 0 Å². The van der Waals surface area contributed by atoms with Gasteiger partial charge in [-0.05, 0) is 43.5 Å². The normalized spacial score (nSPS) is 19.4. The third kappa shape index (κ3) is 2.99. The van der Waals surface area contributed by atoms with Crippen molar-refractivity contribution in [3.8, 4) is 0 Å². The van der Waals surface area contributed by atoms with Crippen LogP contribution in [0.2, 0.25) is 0 Å². The molecule has 3 heteroatoms. The number of fused-ring (bicyclic) bond motifs is 1. The van der Waals surface area contributed by atoms with E-state index in [2.05, 4.69) is 56.1 Å². The molecule has 0 radical (unpaired) electrons. The Morgan fingerprint density at radius 3 is 2.46 bits per heavy atom. The standard InChI is InChI=1S/C21H25N3/c1-4-15-24(17-11-7-6-8-12-17)22-16-20-21(3,5-2)18-13-9-10-14-19(18)23-20/h6-14,16H,4-5,15H2,1-3H3/b22-16+. The van der Waals surface area contributed by atoms with E-state index in [1.54, 1.807) is 0 Å². The minimum atomic E-state index is -0.0608. The van der Waals surface area contributed by atoms with Crippen LogP contribution >= 0.6 is 0 Å². The van der Waals surface area contributed by atoms with Crippen molar-refractivity contribution < 1.29 is 0 Å². The molecule has 0 spiro atoms. The monoisotopic (exact) mass is 319 g/mol. The summed E-state index contributed by atoms with van der Waals surface area (Å²) in [5.74, 6) is 0. The zero-order chi connectivity index (χ0) is 17.0. The summed E-state index contributed by atoms with van der Waals surface area (Å²) in [6.45, 7) is 7.54. The lowest BCUT2D eigenvalue weighted by Crippen LogP contribution is -2.31. The van der Waals surface area contributed by atoms with Crippen molar-refractivity contribution in [1.82, 2.24) is 0 Å². The third-order valence-electron chi connectivity index (χ3n) is 4.82. The highest BCUT2D eigenvalue weighted by Crippen LogP contribution is 2.41. The van der Waals surface area contributed by atoms with Gasteiger partial charge in [-0.2, -0.15) is 5.10 Å². The highest BCUT2D eigenvalue weighted by molar-refractivity contribution is 6.37.